The first-order valence-corrected chi connectivity index (χ1v) is 10.1. The van der Waals surface area contributed by atoms with Crippen LogP contribution in [0.1, 0.15) is 22.5 Å². The molecule has 2 aromatic carbocycles. The van der Waals surface area contributed by atoms with E-state index in [4.69, 9.17) is 10.6 Å². The fraction of sp³-hybridized carbons (Fsp3) is 0.250. The number of aryl methyl sites for hydroxylation is 2. The largest absolute Gasteiger partial charge is 0.485 e. The summed E-state index contributed by atoms with van der Waals surface area (Å²) in [5.41, 5.74) is 0.709. The van der Waals surface area contributed by atoms with Crippen molar-refractivity contribution < 1.29 is 22.7 Å². The van der Waals surface area contributed by atoms with Crippen LogP contribution in [-0.4, -0.2) is 26.5 Å². The first kappa shape index (κ1) is 22.5. The Morgan fingerprint density at radius 1 is 1.13 bits per heavy atom. The number of nitrogens with one attached hydrogen (secondary N) is 1. The highest BCUT2D eigenvalue weighted by molar-refractivity contribution is 7.99. The first-order valence-electron chi connectivity index (χ1n) is 9.14. The Balaban J connectivity index is 1.60. The number of rotatable bonds is 7. The van der Waals surface area contributed by atoms with Crippen LogP contribution in [-0.2, 0) is 17.6 Å². The van der Waals surface area contributed by atoms with Crippen LogP contribution in [0.4, 0.5) is 18.9 Å². The van der Waals surface area contributed by atoms with Crippen molar-refractivity contribution >= 4 is 23.4 Å². The van der Waals surface area contributed by atoms with Crippen molar-refractivity contribution in [3.8, 4) is 5.75 Å². The summed E-state index contributed by atoms with van der Waals surface area (Å²) in [5.74, 6) is 6.22. The number of amides is 1. The lowest BCUT2D eigenvalue weighted by Gasteiger charge is -2.13. The van der Waals surface area contributed by atoms with Gasteiger partial charge in [-0.3, -0.25) is 4.79 Å². The molecule has 3 rings (SSSR count). The third-order valence-electron chi connectivity index (χ3n) is 4.33. The van der Waals surface area contributed by atoms with E-state index in [-0.39, 0.29) is 23.2 Å². The van der Waals surface area contributed by atoms with Crippen molar-refractivity contribution in [2.45, 2.75) is 31.8 Å². The number of anilines is 1. The molecular weight excluding hydrogens is 431 g/mol. The van der Waals surface area contributed by atoms with Crippen molar-refractivity contribution in [1.29, 1.82) is 0 Å². The van der Waals surface area contributed by atoms with E-state index < -0.39 is 17.6 Å². The number of nitrogen functional groups attached to an aromatic ring is 1. The third-order valence-corrected chi connectivity index (χ3v) is 5.27. The number of hydrogen-bond acceptors (Lipinski definition) is 6. The number of hydrogen-bond donors (Lipinski definition) is 2. The first-order chi connectivity index (χ1) is 14.7. The number of carbonyl (C=O) groups excluding carboxylic acids is 1. The average molecular weight is 451 g/mol. The maximum Gasteiger partial charge on any atom is 0.418 e. The summed E-state index contributed by atoms with van der Waals surface area (Å²) in [7, 11) is 0. The van der Waals surface area contributed by atoms with Gasteiger partial charge in [0.05, 0.1) is 17.0 Å². The molecule has 31 heavy (non-hydrogen) atoms. The molecule has 1 amide bonds. The zero-order valence-electron chi connectivity index (χ0n) is 16.7. The van der Waals surface area contributed by atoms with Gasteiger partial charge in [-0.15, -0.1) is 10.2 Å². The number of carbonyl (C=O) groups is 1. The monoisotopic (exact) mass is 451 g/mol. The van der Waals surface area contributed by atoms with E-state index in [2.05, 4.69) is 15.5 Å². The van der Waals surface area contributed by atoms with E-state index in [0.29, 0.717) is 5.82 Å². The van der Waals surface area contributed by atoms with Crippen LogP contribution in [0, 0.1) is 13.8 Å². The average Bonchev–Trinajstić information content (AvgIpc) is 3.05. The normalized spacial score (nSPS) is 11.4. The lowest BCUT2D eigenvalue weighted by molar-refractivity contribution is -0.137. The molecule has 0 aliphatic rings. The number of halogens is 3. The second kappa shape index (κ2) is 9.29. The smallest absolute Gasteiger partial charge is 0.418 e. The van der Waals surface area contributed by atoms with Crippen LogP contribution in [0.15, 0.2) is 47.6 Å². The van der Waals surface area contributed by atoms with Gasteiger partial charge >= 0.3 is 6.18 Å². The number of nitrogens with zero attached hydrogens (tertiary/aromatic N) is 3. The number of thioether (sulfide) groups is 1. The number of nitrogens with two attached hydrogens (primary N) is 1. The summed E-state index contributed by atoms with van der Waals surface area (Å²) in [4.78, 5) is 12.1. The molecule has 1 aromatic heterocycles. The van der Waals surface area contributed by atoms with Crippen LogP contribution in [0.5, 0.6) is 5.75 Å². The van der Waals surface area contributed by atoms with Gasteiger partial charge < -0.3 is 15.9 Å². The molecule has 164 valence electrons. The van der Waals surface area contributed by atoms with Crippen molar-refractivity contribution in [2.24, 2.45) is 0 Å². The topological polar surface area (TPSA) is 95.1 Å². The molecule has 0 atom stereocenters. The molecule has 0 saturated heterocycles. The van der Waals surface area contributed by atoms with Gasteiger partial charge in [0.1, 0.15) is 12.4 Å². The molecule has 7 nitrogen and oxygen atoms in total. The quantitative estimate of drug-likeness (QED) is 0.417. The molecule has 0 aliphatic heterocycles. The molecule has 1 heterocycles. The number of alkyl halides is 3. The van der Waals surface area contributed by atoms with Crippen LogP contribution in [0.2, 0.25) is 0 Å². The van der Waals surface area contributed by atoms with Gasteiger partial charge in [-0.05, 0) is 37.1 Å². The minimum atomic E-state index is -4.57. The van der Waals surface area contributed by atoms with Crippen LogP contribution in [0.25, 0.3) is 0 Å². The Hall–Kier alpha value is -3.21. The van der Waals surface area contributed by atoms with E-state index in [1.54, 1.807) is 0 Å². The number of ether oxygens (including phenoxy) is 1. The zero-order chi connectivity index (χ0) is 22.6. The zero-order valence-corrected chi connectivity index (χ0v) is 17.5. The predicted octanol–water partition coefficient (Wildman–Crippen LogP) is 3.94. The van der Waals surface area contributed by atoms with Gasteiger partial charge in [0.25, 0.3) is 0 Å². The number of aromatic nitrogens is 3. The van der Waals surface area contributed by atoms with E-state index in [1.807, 2.05) is 32.0 Å². The molecule has 3 aromatic rings. The fourth-order valence-electron chi connectivity index (χ4n) is 2.82. The Bertz CT molecular complexity index is 1060. The minimum absolute atomic E-state index is 0.0703. The summed E-state index contributed by atoms with van der Waals surface area (Å²) in [6.45, 7) is 3.92. The molecular formula is C20H20F3N5O2S. The summed E-state index contributed by atoms with van der Waals surface area (Å²) in [6, 6.07) is 10.5. The third kappa shape index (κ3) is 5.48. The van der Waals surface area contributed by atoms with Gasteiger partial charge in [0, 0.05) is 0 Å². The van der Waals surface area contributed by atoms with Gasteiger partial charge in [-0.1, -0.05) is 42.1 Å². The second-order valence-electron chi connectivity index (χ2n) is 6.66. The van der Waals surface area contributed by atoms with Crippen molar-refractivity contribution in [2.75, 3.05) is 16.9 Å². The fourth-order valence-corrected chi connectivity index (χ4v) is 3.50. The van der Waals surface area contributed by atoms with Crippen LogP contribution < -0.4 is 15.9 Å². The van der Waals surface area contributed by atoms with Crippen LogP contribution >= 0.6 is 11.8 Å². The lowest BCUT2D eigenvalue weighted by Crippen LogP contribution is -2.19. The van der Waals surface area contributed by atoms with Crippen molar-refractivity contribution in [3.05, 3.63) is 65.0 Å². The lowest BCUT2D eigenvalue weighted by atomic mass is 10.1. The highest BCUT2D eigenvalue weighted by Gasteiger charge is 2.33. The van der Waals surface area contributed by atoms with Gasteiger partial charge in [0.15, 0.2) is 5.82 Å². The summed E-state index contributed by atoms with van der Waals surface area (Å²) in [6.07, 6.45) is -4.57. The molecule has 3 N–H and O–H groups in total. The molecule has 11 heteroatoms. The number of benzene rings is 2. The Kier molecular flexibility index (Phi) is 6.74. The standard InChI is InChI=1S/C20H20F3N5O2S/c1-12-6-5-7-13(2)18(12)30-10-16-26-27-19(28(16)24)31-11-17(29)25-15-9-4-3-8-14(15)20(21,22)23/h3-9H,10-11,24H2,1-2H3,(H,25,29). The number of para-hydroxylation sites is 2. The van der Waals surface area contributed by atoms with E-state index >= 15 is 0 Å². The highest BCUT2D eigenvalue weighted by atomic mass is 32.2. The van der Waals surface area contributed by atoms with E-state index in [9.17, 15) is 18.0 Å². The molecule has 0 spiro atoms. The Morgan fingerprint density at radius 2 is 1.81 bits per heavy atom. The van der Waals surface area contributed by atoms with E-state index in [1.165, 1.54) is 22.9 Å². The summed E-state index contributed by atoms with van der Waals surface area (Å²) in [5, 5.41) is 10.4. The maximum atomic E-state index is 13.0. The Morgan fingerprint density at radius 3 is 2.48 bits per heavy atom. The minimum Gasteiger partial charge on any atom is -0.485 e. The molecule has 0 fully saturated rings. The van der Waals surface area contributed by atoms with Crippen molar-refractivity contribution in [1.82, 2.24) is 14.9 Å². The second-order valence-corrected chi connectivity index (χ2v) is 7.60. The van der Waals surface area contributed by atoms with Crippen molar-refractivity contribution in [3.63, 3.8) is 0 Å². The molecule has 0 aliphatic carbocycles. The maximum absolute atomic E-state index is 13.0. The SMILES string of the molecule is Cc1cccc(C)c1OCc1nnc(SCC(=O)Nc2ccccc2C(F)(F)F)n1N. The highest BCUT2D eigenvalue weighted by Crippen LogP contribution is 2.34. The molecule has 0 unspecified atom stereocenters. The molecule has 0 radical (unpaired) electrons. The van der Waals surface area contributed by atoms with Gasteiger partial charge in [-0.2, -0.15) is 13.2 Å². The van der Waals surface area contributed by atoms with Crippen LogP contribution in [0.3, 0.4) is 0 Å². The van der Waals surface area contributed by atoms with Gasteiger partial charge in [-0.25, -0.2) is 4.68 Å². The van der Waals surface area contributed by atoms with E-state index in [0.717, 1.165) is 34.7 Å². The summed E-state index contributed by atoms with van der Waals surface area (Å²) >= 11 is 0.952. The van der Waals surface area contributed by atoms with Gasteiger partial charge in [0.2, 0.25) is 11.1 Å². The molecule has 0 saturated carbocycles. The Labute approximate surface area is 180 Å². The molecule has 0 bridgehead atoms. The predicted molar refractivity (Wildman–Crippen MR) is 111 cm³/mol. The summed E-state index contributed by atoms with van der Waals surface area (Å²) < 4.78 is 46.1.